The van der Waals surface area contributed by atoms with Crippen molar-refractivity contribution >= 4 is 0 Å². The summed E-state index contributed by atoms with van der Waals surface area (Å²) < 4.78 is 0. The van der Waals surface area contributed by atoms with E-state index in [0.717, 1.165) is 19.3 Å². The Labute approximate surface area is 87.7 Å². The summed E-state index contributed by atoms with van der Waals surface area (Å²) in [6.07, 6.45) is 10.4. The van der Waals surface area contributed by atoms with Crippen molar-refractivity contribution in [2.24, 2.45) is 11.1 Å². The number of rotatable bonds is 8. The molecular formula is C13H21N. The third-order valence-corrected chi connectivity index (χ3v) is 2.59. The summed E-state index contributed by atoms with van der Waals surface area (Å²) in [6, 6.07) is 0.0899. The van der Waals surface area contributed by atoms with E-state index in [0.29, 0.717) is 0 Å². The topological polar surface area (TPSA) is 26.0 Å². The van der Waals surface area contributed by atoms with Crippen molar-refractivity contribution in [3.63, 3.8) is 0 Å². The van der Waals surface area contributed by atoms with Crippen molar-refractivity contribution in [2.75, 3.05) is 0 Å². The van der Waals surface area contributed by atoms with Crippen molar-refractivity contribution in [1.82, 2.24) is 0 Å². The van der Waals surface area contributed by atoms with E-state index >= 15 is 0 Å². The van der Waals surface area contributed by atoms with Gasteiger partial charge in [-0.25, -0.2) is 0 Å². The van der Waals surface area contributed by atoms with Crippen molar-refractivity contribution < 1.29 is 0 Å². The summed E-state index contributed by atoms with van der Waals surface area (Å²) in [7, 11) is 0. The Balaban J connectivity index is 4.07. The average molecular weight is 191 g/mol. The van der Waals surface area contributed by atoms with Crippen LogP contribution in [0.4, 0.5) is 0 Å². The monoisotopic (exact) mass is 191 g/mol. The summed E-state index contributed by atoms with van der Waals surface area (Å²) in [5.74, 6) is 0. The maximum absolute atomic E-state index is 5.73. The minimum absolute atomic E-state index is 0.0899. The van der Waals surface area contributed by atoms with Gasteiger partial charge in [0.1, 0.15) is 0 Å². The van der Waals surface area contributed by atoms with Gasteiger partial charge in [-0.15, -0.1) is 26.3 Å². The standard InChI is InChI=1S/C13H21N/c1-5-12(14)10-9-11-13(6-2,7-3)8-4/h5-8,12H,1-4,9-11,14H2. The predicted molar refractivity (Wildman–Crippen MR) is 65.0 cm³/mol. The molecule has 14 heavy (non-hydrogen) atoms. The summed E-state index contributed by atoms with van der Waals surface area (Å²) in [5.41, 5.74) is 5.59. The largest absolute Gasteiger partial charge is 0.324 e. The second kappa shape index (κ2) is 6.39. The Kier molecular flexibility index (Phi) is 5.89. The summed E-state index contributed by atoms with van der Waals surface area (Å²) in [5, 5.41) is 0. The van der Waals surface area contributed by atoms with Gasteiger partial charge >= 0.3 is 0 Å². The molecule has 0 aliphatic rings. The molecule has 0 aliphatic heterocycles. The minimum Gasteiger partial charge on any atom is -0.324 e. The maximum Gasteiger partial charge on any atom is 0.0234 e. The van der Waals surface area contributed by atoms with Crippen molar-refractivity contribution in [3.05, 3.63) is 50.6 Å². The predicted octanol–water partition coefficient (Wildman–Crippen LogP) is 3.21. The Morgan fingerprint density at radius 1 is 1.07 bits per heavy atom. The van der Waals surface area contributed by atoms with E-state index in [-0.39, 0.29) is 11.5 Å². The first-order valence-electron chi connectivity index (χ1n) is 4.93. The number of nitrogens with two attached hydrogens (primary N) is 1. The first kappa shape index (κ1) is 12.9. The van der Waals surface area contributed by atoms with E-state index in [2.05, 4.69) is 26.3 Å². The van der Waals surface area contributed by atoms with Crippen LogP contribution in [0.15, 0.2) is 50.6 Å². The molecule has 0 fully saturated rings. The molecule has 0 saturated heterocycles. The van der Waals surface area contributed by atoms with Crippen LogP contribution in [0, 0.1) is 5.41 Å². The quantitative estimate of drug-likeness (QED) is 0.586. The molecule has 0 aromatic rings. The van der Waals surface area contributed by atoms with Crippen LogP contribution in [-0.2, 0) is 0 Å². The Bertz CT molecular complexity index is 194. The van der Waals surface area contributed by atoms with E-state index in [4.69, 9.17) is 5.73 Å². The van der Waals surface area contributed by atoms with Crippen molar-refractivity contribution in [3.8, 4) is 0 Å². The first-order chi connectivity index (χ1) is 6.64. The van der Waals surface area contributed by atoms with E-state index in [9.17, 15) is 0 Å². The molecule has 1 nitrogen and oxygen atoms in total. The van der Waals surface area contributed by atoms with Crippen LogP contribution < -0.4 is 5.73 Å². The van der Waals surface area contributed by atoms with Gasteiger partial charge in [0.05, 0.1) is 0 Å². The molecule has 1 atom stereocenters. The van der Waals surface area contributed by atoms with Crippen LogP contribution in [0.2, 0.25) is 0 Å². The van der Waals surface area contributed by atoms with Crippen LogP contribution in [0.25, 0.3) is 0 Å². The molecule has 0 rings (SSSR count). The van der Waals surface area contributed by atoms with Gasteiger partial charge in [0.15, 0.2) is 0 Å². The van der Waals surface area contributed by atoms with Gasteiger partial charge in [-0.05, 0) is 12.8 Å². The number of hydrogen-bond acceptors (Lipinski definition) is 1. The molecule has 2 N–H and O–H groups in total. The number of hydrogen-bond donors (Lipinski definition) is 1. The molecule has 0 spiro atoms. The molecule has 0 amide bonds. The molecule has 0 heterocycles. The maximum atomic E-state index is 5.73. The zero-order valence-electron chi connectivity index (χ0n) is 8.91. The highest BCUT2D eigenvalue weighted by Gasteiger charge is 2.17. The van der Waals surface area contributed by atoms with Gasteiger partial charge in [0, 0.05) is 11.5 Å². The van der Waals surface area contributed by atoms with E-state index in [1.54, 1.807) is 6.08 Å². The molecule has 0 aromatic heterocycles. The first-order valence-corrected chi connectivity index (χ1v) is 4.93. The van der Waals surface area contributed by atoms with Crippen LogP contribution >= 0.6 is 0 Å². The zero-order valence-corrected chi connectivity index (χ0v) is 8.91. The second-order valence-corrected chi connectivity index (χ2v) is 3.52. The number of allylic oxidation sites excluding steroid dienone is 3. The van der Waals surface area contributed by atoms with Crippen LogP contribution in [-0.4, -0.2) is 6.04 Å². The Hall–Kier alpha value is -1.08. The summed E-state index contributed by atoms with van der Waals surface area (Å²) >= 11 is 0. The molecule has 0 aromatic carbocycles. The second-order valence-electron chi connectivity index (χ2n) is 3.52. The third kappa shape index (κ3) is 3.75. The zero-order chi connectivity index (χ0) is 11.0. The lowest BCUT2D eigenvalue weighted by Crippen LogP contribution is -2.18. The SMILES string of the molecule is C=CC(N)CCCC(C=C)(C=C)C=C. The van der Waals surface area contributed by atoms with E-state index in [1.807, 2.05) is 18.2 Å². The highest BCUT2D eigenvalue weighted by molar-refractivity contribution is 5.15. The Morgan fingerprint density at radius 2 is 1.57 bits per heavy atom. The fourth-order valence-corrected chi connectivity index (χ4v) is 1.32. The average Bonchev–Trinajstić information content (AvgIpc) is 2.25. The lowest BCUT2D eigenvalue weighted by molar-refractivity contribution is 0.508. The van der Waals surface area contributed by atoms with Gasteiger partial charge in [-0.1, -0.05) is 30.7 Å². The Morgan fingerprint density at radius 3 is 1.93 bits per heavy atom. The van der Waals surface area contributed by atoms with Gasteiger partial charge in [0.2, 0.25) is 0 Å². The molecule has 1 unspecified atom stereocenters. The third-order valence-electron chi connectivity index (χ3n) is 2.59. The molecule has 0 aliphatic carbocycles. The fraction of sp³-hybridized carbons (Fsp3) is 0.385. The molecule has 0 bridgehead atoms. The van der Waals surface area contributed by atoms with Gasteiger partial charge < -0.3 is 5.73 Å². The highest BCUT2D eigenvalue weighted by atomic mass is 14.6. The van der Waals surface area contributed by atoms with Gasteiger partial charge in [0.25, 0.3) is 0 Å². The molecule has 0 saturated carbocycles. The molecule has 1 heteroatoms. The lowest BCUT2D eigenvalue weighted by Gasteiger charge is -2.22. The van der Waals surface area contributed by atoms with Gasteiger partial charge in [-0.2, -0.15) is 0 Å². The molecular weight excluding hydrogens is 170 g/mol. The summed E-state index contributed by atoms with van der Waals surface area (Å²) in [6.45, 7) is 15.0. The van der Waals surface area contributed by atoms with Crippen molar-refractivity contribution in [1.29, 1.82) is 0 Å². The lowest BCUT2D eigenvalue weighted by atomic mass is 9.83. The van der Waals surface area contributed by atoms with E-state index < -0.39 is 0 Å². The van der Waals surface area contributed by atoms with Crippen molar-refractivity contribution in [2.45, 2.75) is 25.3 Å². The highest BCUT2D eigenvalue weighted by Crippen LogP contribution is 2.28. The van der Waals surface area contributed by atoms with Gasteiger partial charge in [-0.3, -0.25) is 0 Å². The fourth-order valence-electron chi connectivity index (χ4n) is 1.32. The van der Waals surface area contributed by atoms with E-state index in [1.165, 1.54) is 0 Å². The molecule has 0 radical (unpaired) electrons. The smallest absolute Gasteiger partial charge is 0.0234 e. The normalized spacial score (nSPS) is 12.9. The van der Waals surface area contributed by atoms with Crippen LogP contribution in [0.1, 0.15) is 19.3 Å². The van der Waals surface area contributed by atoms with Crippen LogP contribution in [0.3, 0.4) is 0 Å². The molecule has 78 valence electrons. The summed E-state index contributed by atoms with van der Waals surface area (Å²) in [4.78, 5) is 0. The van der Waals surface area contributed by atoms with Crippen LogP contribution in [0.5, 0.6) is 0 Å². The minimum atomic E-state index is -0.138.